The topological polar surface area (TPSA) is 73.3 Å². The predicted molar refractivity (Wildman–Crippen MR) is 73.8 cm³/mol. The fraction of sp³-hybridized carbons (Fsp3) is 0.769. The fourth-order valence-electron chi connectivity index (χ4n) is 3.26. The van der Waals surface area contributed by atoms with E-state index in [-0.39, 0.29) is 24.0 Å². The molecule has 1 amide bonds. The van der Waals surface area contributed by atoms with Crippen LogP contribution in [-0.4, -0.2) is 48.0 Å². The molecule has 0 unspecified atom stereocenters. The minimum Gasteiger partial charge on any atom is -0.384 e. The van der Waals surface area contributed by atoms with E-state index in [1.54, 1.807) is 7.11 Å². The first-order valence-corrected chi connectivity index (χ1v) is 7.76. The Labute approximate surface area is 122 Å². The van der Waals surface area contributed by atoms with E-state index in [2.05, 4.69) is 14.9 Å². The molecule has 3 rings (SSSR count). The van der Waals surface area contributed by atoms with Crippen molar-refractivity contribution in [3.05, 3.63) is 10.6 Å². The Hall–Kier alpha value is -1.05. The monoisotopic (exact) mass is 297 g/mol. The van der Waals surface area contributed by atoms with Gasteiger partial charge in [-0.15, -0.1) is 5.10 Å². The summed E-state index contributed by atoms with van der Waals surface area (Å²) in [4.78, 5) is 13.0. The van der Waals surface area contributed by atoms with Crippen molar-refractivity contribution in [3.63, 3.8) is 0 Å². The number of rotatable bonds is 5. The van der Waals surface area contributed by atoms with Crippen LogP contribution in [0.5, 0.6) is 0 Å². The maximum absolute atomic E-state index is 12.4. The molecular weight excluding hydrogens is 278 g/mol. The first-order valence-electron chi connectivity index (χ1n) is 6.98. The van der Waals surface area contributed by atoms with Gasteiger partial charge in [-0.2, -0.15) is 0 Å². The van der Waals surface area contributed by atoms with Gasteiger partial charge in [-0.3, -0.25) is 4.79 Å². The van der Waals surface area contributed by atoms with Gasteiger partial charge in [0.15, 0.2) is 0 Å². The van der Waals surface area contributed by atoms with Gasteiger partial charge in [-0.05, 0) is 24.4 Å². The number of nitrogens with zero attached hydrogens (tertiary/aromatic N) is 2. The number of carbonyl (C=O) groups is 1. The van der Waals surface area contributed by atoms with Crippen LogP contribution in [0.3, 0.4) is 0 Å². The minimum absolute atomic E-state index is 0.0618. The number of fused-ring (bicyclic) bond motifs is 1. The predicted octanol–water partition coefficient (Wildman–Crippen LogP) is 0.880. The van der Waals surface area contributed by atoms with Gasteiger partial charge in [0.05, 0.1) is 18.4 Å². The van der Waals surface area contributed by atoms with E-state index in [4.69, 9.17) is 9.47 Å². The van der Waals surface area contributed by atoms with Gasteiger partial charge in [0.1, 0.15) is 4.88 Å². The maximum atomic E-state index is 12.4. The number of ether oxygens (including phenoxy) is 2. The highest BCUT2D eigenvalue weighted by atomic mass is 32.1. The number of aryl methyl sites for hydroxylation is 1. The molecule has 0 aromatic carbocycles. The number of carbonyl (C=O) groups excluding carboxylic acids is 1. The van der Waals surface area contributed by atoms with Crippen LogP contribution in [-0.2, 0) is 15.9 Å². The number of nitrogens with one attached hydrogen (secondary N) is 1. The lowest BCUT2D eigenvalue weighted by Crippen LogP contribution is -2.62. The van der Waals surface area contributed by atoms with Crippen molar-refractivity contribution in [2.75, 3.05) is 20.3 Å². The molecule has 2 fully saturated rings. The Morgan fingerprint density at radius 2 is 2.45 bits per heavy atom. The van der Waals surface area contributed by atoms with Crippen LogP contribution in [0.25, 0.3) is 0 Å². The van der Waals surface area contributed by atoms with Gasteiger partial charge in [0.25, 0.3) is 5.91 Å². The van der Waals surface area contributed by atoms with Gasteiger partial charge < -0.3 is 14.8 Å². The summed E-state index contributed by atoms with van der Waals surface area (Å²) < 4.78 is 14.8. The van der Waals surface area contributed by atoms with Crippen molar-refractivity contribution in [3.8, 4) is 0 Å². The standard InChI is InChI=1S/C13H19N3O3S/c1-3-9-12(20-16-15-9)13(17)14-10-7-4-5-19-11(7)8(10)6-18-2/h7-8,10-11H,3-6H2,1-2H3,(H,14,17)/t7-,8+,10+,11-/m0/s1. The lowest BCUT2D eigenvalue weighted by Gasteiger charge is -2.47. The van der Waals surface area contributed by atoms with E-state index in [0.29, 0.717) is 17.4 Å². The zero-order valence-electron chi connectivity index (χ0n) is 11.7. The van der Waals surface area contributed by atoms with Crippen LogP contribution in [0.15, 0.2) is 0 Å². The summed E-state index contributed by atoms with van der Waals surface area (Å²) in [6.07, 6.45) is 1.98. The molecule has 0 spiro atoms. The average Bonchev–Trinajstić information content (AvgIpc) is 3.08. The Kier molecular flexibility index (Phi) is 4.00. The van der Waals surface area contributed by atoms with Crippen molar-refractivity contribution in [1.82, 2.24) is 14.9 Å². The number of aromatic nitrogens is 2. The molecule has 1 aliphatic carbocycles. The second-order valence-electron chi connectivity index (χ2n) is 5.31. The lowest BCUT2D eigenvalue weighted by atomic mass is 9.67. The molecule has 1 aromatic heterocycles. The van der Waals surface area contributed by atoms with Crippen LogP contribution in [0.2, 0.25) is 0 Å². The molecule has 1 saturated carbocycles. The summed E-state index contributed by atoms with van der Waals surface area (Å²) >= 11 is 1.16. The van der Waals surface area contributed by atoms with E-state index >= 15 is 0 Å². The van der Waals surface area contributed by atoms with Gasteiger partial charge in [-0.1, -0.05) is 11.4 Å². The number of hydrogen-bond donors (Lipinski definition) is 1. The van der Waals surface area contributed by atoms with Crippen LogP contribution < -0.4 is 5.32 Å². The van der Waals surface area contributed by atoms with Crippen LogP contribution >= 0.6 is 11.5 Å². The van der Waals surface area contributed by atoms with Gasteiger partial charge in [0.2, 0.25) is 0 Å². The van der Waals surface area contributed by atoms with E-state index in [1.807, 2.05) is 6.92 Å². The number of hydrogen-bond acceptors (Lipinski definition) is 6. The second-order valence-corrected chi connectivity index (χ2v) is 6.06. The highest BCUT2D eigenvalue weighted by molar-refractivity contribution is 7.08. The third-order valence-corrected chi connectivity index (χ3v) is 5.05. The molecule has 4 atom stereocenters. The first-order chi connectivity index (χ1) is 9.76. The van der Waals surface area contributed by atoms with Crippen LogP contribution in [0, 0.1) is 11.8 Å². The van der Waals surface area contributed by atoms with E-state index in [9.17, 15) is 4.79 Å². The Bertz CT molecular complexity index is 493. The summed E-state index contributed by atoms with van der Waals surface area (Å²) in [5, 5.41) is 7.12. The highest BCUT2D eigenvalue weighted by Crippen LogP contribution is 2.43. The number of methoxy groups -OCH3 is 1. The molecular formula is C13H19N3O3S. The minimum atomic E-state index is -0.0618. The van der Waals surface area contributed by atoms with Crippen molar-refractivity contribution < 1.29 is 14.3 Å². The third-order valence-electron chi connectivity index (χ3n) is 4.28. The smallest absolute Gasteiger partial charge is 0.265 e. The Morgan fingerprint density at radius 1 is 1.60 bits per heavy atom. The van der Waals surface area contributed by atoms with Crippen molar-refractivity contribution in [2.45, 2.75) is 31.9 Å². The van der Waals surface area contributed by atoms with Crippen molar-refractivity contribution in [1.29, 1.82) is 0 Å². The molecule has 110 valence electrons. The largest absolute Gasteiger partial charge is 0.384 e. The van der Waals surface area contributed by atoms with E-state index < -0.39 is 0 Å². The highest BCUT2D eigenvalue weighted by Gasteiger charge is 2.54. The Balaban J connectivity index is 1.69. The molecule has 6 nitrogen and oxygen atoms in total. The van der Waals surface area contributed by atoms with Crippen molar-refractivity contribution >= 4 is 17.4 Å². The zero-order valence-corrected chi connectivity index (χ0v) is 12.5. The first kappa shape index (κ1) is 13.9. The SMILES string of the molecule is CCc1nnsc1C(=O)N[C@H]1[C@@H](COC)[C@H]2OCC[C@@H]12. The summed E-state index contributed by atoms with van der Waals surface area (Å²) in [6.45, 7) is 3.38. The van der Waals surface area contributed by atoms with Gasteiger partial charge in [0, 0.05) is 31.6 Å². The molecule has 1 N–H and O–H groups in total. The average molecular weight is 297 g/mol. The summed E-state index contributed by atoms with van der Waals surface area (Å²) in [7, 11) is 1.68. The lowest BCUT2D eigenvalue weighted by molar-refractivity contribution is -0.0809. The summed E-state index contributed by atoms with van der Waals surface area (Å²) in [6, 6.07) is 0.141. The van der Waals surface area contributed by atoms with E-state index in [0.717, 1.165) is 36.7 Å². The molecule has 1 aliphatic heterocycles. The molecule has 1 aromatic rings. The van der Waals surface area contributed by atoms with Crippen LogP contribution in [0.4, 0.5) is 0 Å². The molecule has 2 heterocycles. The van der Waals surface area contributed by atoms with Gasteiger partial charge in [-0.25, -0.2) is 0 Å². The van der Waals surface area contributed by atoms with Gasteiger partial charge >= 0.3 is 0 Å². The summed E-state index contributed by atoms with van der Waals surface area (Å²) in [5.41, 5.74) is 0.773. The molecule has 2 aliphatic rings. The third kappa shape index (κ3) is 2.23. The van der Waals surface area contributed by atoms with Crippen molar-refractivity contribution in [2.24, 2.45) is 11.8 Å². The zero-order chi connectivity index (χ0) is 14.1. The second kappa shape index (κ2) is 5.75. The molecule has 1 saturated heterocycles. The quantitative estimate of drug-likeness (QED) is 0.873. The number of amides is 1. The molecule has 0 bridgehead atoms. The fourth-order valence-corrected chi connectivity index (χ4v) is 3.92. The normalized spacial score (nSPS) is 31.7. The van der Waals surface area contributed by atoms with E-state index in [1.165, 1.54) is 0 Å². The molecule has 0 radical (unpaired) electrons. The van der Waals surface area contributed by atoms with Crippen LogP contribution in [0.1, 0.15) is 28.7 Å². The molecule has 20 heavy (non-hydrogen) atoms. The summed E-state index contributed by atoms with van der Waals surface area (Å²) in [5.74, 6) is 0.612. The molecule has 7 heteroatoms. The maximum Gasteiger partial charge on any atom is 0.265 e. The Morgan fingerprint density at radius 3 is 3.20 bits per heavy atom.